The lowest BCUT2D eigenvalue weighted by Gasteiger charge is -2.12. The van der Waals surface area contributed by atoms with Gasteiger partial charge in [0.15, 0.2) is 0 Å². The van der Waals surface area contributed by atoms with Crippen LogP contribution < -0.4 is 11.1 Å². The van der Waals surface area contributed by atoms with E-state index in [4.69, 9.17) is 10.2 Å². The van der Waals surface area contributed by atoms with Gasteiger partial charge >= 0.3 is 0 Å². The molecule has 0 radical (unpaired) electrons. The molecule has 0 aliphatic heterocycles. The summed E-state index contributed by atoms with van der Waals surface area (Å²) in [5.74, 6) is 5.74. The van der Waals surface area contributed by atoms with E-state index < -0.39 is 0 Å². The first-order valence-corrected chi connectivity index (χ1v) is 4.23. The van der Waals surface area contributed by atoms with Gasteiger partial charge in [-0.1, -0.05) is 5.92 Å². The number of hydrogen-bond acceptors (Lipinski definition) is 3. The van der Waals surface area contributed by atoms with Gasteiger partial charge < -0.3 is 10.2 Å². The number of hydrogen-bond donors (Lipinski definition) is 2. The highest BCUT2D eigenvalue weighted by atomic mass is 16.3. The van der Waals surface area contributed by atoms with Crippen LogP contribution in [-0.4, -0.2) is 13.1 Å². The summed E-state index contributed by atoms with van der Waals surface area (Å²) in [6.45, 7) is 3.02. The quantitative estimate of drug-likeness (QED) is 0.673. The molecule has 0 saturated heterocycles. The van der Waals surface area contributed by atoms with Crippen LogP contribution in [0.2, 0.25) is 0 Å². The fourth-order valence-corrected chi connectivity index (χ4v) is 1.07. The molecule has 0 bridgehead atoms. The molecule has 1 atom stereocenters. The average molecular weight is 178 g/mol. The molecule has 1 unspecified atom stereocenters. The third-order valence-electron chi connectivity index (χ3n) is 1.79. The molecule has 0 fully saturated rings. The minimum absolute atomic E-state index is 0.139. The van der Waals surface area contributed by atoms with Crippen molar-refractivity contribution in [3.8, 4) is 11.8 Å². The van der Waals surface area contributed by atoms with E-state index in [0.29, 0.717) is 13.1 Å². The Labute approximate surface area is 78.3 Å². The SMILES string of the molecule is CC#CCNC(CN)c1ccoc1. The molecule has 13 heavy (non-hydrogen) atoms. The maximum absolute atomic E-state index is 5.59. The van der Waals surface area contributed by atoms with E-state index >= 15 is 0 Å². The van der Waals surface area contributed by atoms with Gasteiger partial charge in [0.25, 0.3) is 0 Å². The first-order chi connectivity index (χ1) is 6.38. The first-order valence-electron chi connectivity index (χ1n) is 4.23. The number of rotatable bonds is 4. The van der Waals surface area contributed by atoms with Crippen LogP contribution in [-0.2, 0) is 0 Å². The lowest BCUT2D eigenvalue weighted by molar-refractivity contribution is 0.540. The van der Waals surface area contributed by atoms with E-state index in [9.17, 15) is 0 Å². The van der Waals surface area contributed by atoms with Gasteiger partial charge in [-0.25, -0.2) is 0 Å². The molecule has 3 heteroatoms. The molecule has 0 aliphatic rings. The predicted molar refractivity (Wildman–Crippen MR) is 52.0 cm³/mol. The van der Waals surface area contributed by atoms with Crippen molar-refractivity contribution in [1.82, 2.24) is 5.32 Å². The summed E-state index contributed by atoms with van der Waals surface area (Å²) in [6.07, 6.45) is 3.34. The summed E-state index contributed by atoms with van der Waals surface area (Å²) in [4.78, 5) is 0. The Balaban J connectivity index is 2.47. The molecule has 3 N–H and O–H groups in total. The van der Waals surface area contributed by atoms with Crippen molar-refractivity contribution >= 4 is 0 Å². The molecule has 0 spiro atoms. The van der Waals surface area contributed by atoms with Crippen molar-refractivity contribution in [1.29, 1.82) is 0 Å². The lowest BCUT2D eigenvalue weighted by atomic mass is 10.1. The van der Waals surface area contributed by atoms with Crippen molar-refractivity contribution in [2.75, 3.05) is 13.1 Å². The molecule has 0 amide bonds. The second-order valence-corrected chi connectivity index (χ2v) is 2.65. The van der Waals surface area contributed by atoms with Crippen molar-refractivity contribution in [3.05, 3.63) is 24.2 Å². The number of nitrogens with two attached hydrogens (primary N) is 1. The third-order valence-corrected chi connectivity index (χ3v) is 1.79. The molecular weight excluding hydrogens is 164 g/mol. The van der Waals surface area contributed by atoms with E-state index in [1.807, 2.05) is 13.0 Å². The van der Waals surface area contributed by atoms with Crippen LogP contribution in [0, 0.1) is 11.8 Å². The summed E-state index contributed by atoms with van der Waals surface area (Å²) in [6, 6.07) is 2.05. The zero-order valence-corrected chi connectivity index (χ0v) is 7.71. The summed E-state index contributed by atoms with van der Waals surface area (Å²) in [5, 5.41) is 3.21. The van der Waals surface area contributed by atoms with Gasteiger partial charge in [0, 0.05) is 18.2 Å². The summed E-state index contributed by atoms with van der Waals surface area (Å²) in [5.41, 5.74) is 6.66. The Morgan fingerprint density at radius 2 is 2.54 bits per heavy atom. The Kier molecular flexibility index (Phi) is 4.10. The fourth-order valence-electron chi connectivity index (χ4n) is 1.07. The predicted octanol–water partition coefficient (Wildman–Crippen LogP) is 0.892. The highest BCUT2D eigenvalue weighted by Crippen LogP contribution is 2.10. The van der Waals surface area contributed by atoms with Crippen LogP contribution in [0.5, 0.6) is 0 Å². The van der Waals surface area contributed by atoms with Gasteiger partial charge in [-0.3, -0.25) is 5.32 Å². The molecule has 0 aliphatic carbocycles. The molecule has 3 nitrogen and oxygen atoms in total. The van der Waals surface area contributed by atoms with Crippen molar-refractivity contribution in [2.45, 2.75) is 13.0 Å². The van der Waals surface area contributed by atoms with Crippen LogP contribution in [0.15, 0.2) is 23.0 Å². The third kappa shape index (κ3) is 2.94. The van der Waals surface area contributed by atoms with Crippen LogP contribution in [0.3, 0.4) is 0 Å². The second kappa shape index (κ2) is 5.41. The van der Waals surface area contributed by atoms with Gasteiger partial charge in [0.1, 0.15) is 0 Å². The highest BCUT2D eigenvalue weighted by Gasteiger charge is 2.08. The molecular formula is C10H14N2O. The monoisotopic (exact) mass is 178 g/mol. The van der Waals surface area contributed by atoms with Crippen molar-refractivity contribution < 1.29 is 4.42 Å². The van der Waals surface area contributed by atoms with Gasteiger partial charge in [-0.05, 0) is 13.0 Å². The standard InChI is InChI=1S/C10H14N2O/c1-2-3-5-12-10(7-11)9-4-6-13-8-9/h4,6,8,10,12H,5,7,11H2,1H3. The Bertz CT molecular complexity index is 282. The lowest BCUT2D eigenvalue weighted by Crippen LogP contribution is -2.28. The Morgan fingerprint density at radius 1 is 1.69 bits per heavy atom. The molecule has 1 aromatic heterocycles. The second-order valence-electron chi connectivity index (χ2n) is 2.65. The van der Waals surface area contributed by atoms with Gasteiger partial charge in [0.05, 0.1) is 19.1 Å². The summed E-state index contributed by atoms with van der Waals surface area (Å²) >= 11 is 0. The smallest absolute Gasteiger partial charge is 0.0950 e. The zero-order valence-electron chi connectivity index (χ0n) is 7.71. The Hall–Kier alpha value is -1.24. The summed E-state index contributed by atoms with van der Waals surface area (Å²) < 4.78 is 4.97. The van der Waals surface area contributed by atoms with E-state index in [1.54, 1.807) is 12.5 Å². The van der Waals surface area contributed by atoms with Crippen molar-refractivity contribution in [3.63, 3.8) is 0 Å². The Morgan fingerprint density at radius 3 is 3.08 bits per heavy atom. The molecule has 0 saturated carbocycles. The average Bonchev–Trinajstić information content (AvgIpc) is 2.65. The molecule has 1 rings (SSSR count). The van der Waals surface area contributed by atoms with E-state index in [-0.39, 0.29) is 6.04 Å². The van der Waals surface area contributed by atoms with Crippen LogP contribution in [0.25, 0.3) is 0 Å². The normalized spacial score (nSPS) is 11.8. The van der Waals surface area contributed by atoms with Gasteiger partial charge in [-0.15, -0.1) is 5.92 Å². The van der Waals surface area contributed by atoms with E-state index in [1.165, 1.54) is 0 Å². The molecule has 1 aromatic rings. The van der Waals surface area contributed by atoms with Gasteiger partial charge in [0.2, 0.25) is 0 Å². The number of nitrogens with one attached hydrogen (secondary N) is 1. The minimum Gasteiger partial charge on any atom is -0.472 e. The number of furan rings is 1. The maximum Gasteiger partial charge on any atom is 0.0950 e. The first kappa shape index (κ1) is 9.85. The van der Waals surface area contributed by atoms with Crippen LogP contribution >= 0.6 is 0 Å². The zero-order chi connectivity index (χ0) is 9.52. The van der Waals surface area contributed by atoms with Crippen LogP contribution in [0.4, 0.5) is 0 Å². The van der Waals surface area contributed by atoms with E-state index in [2.05, 4.69) is 17.2 Å². The molecule has 0 aromatic carbocycles. The summed E-state index contributed by atoms with van der Waals surface area (Å²) in [7, 11) is 0. The largest absolute Gasteiger partial charge is 0.472 e. The fraction of sp³-hybridized carbons (Fsp3) is 0.400. The van der Waals surface area contributed by atoms with Crippen LogP contribution in [0.1, 0.15) is 18.5 Å². The van der Waals surface area contributed by atoms with Crippen molar-refractivity contribution in [2.24, 2.45) is 5.73 Å². The molecule has 70 valence electrons. The van der Waals surface area contributed by atoms with E-state index in [0.717, 1.165) is 5.56 Å². The topological polar surface area (TPSA) is 51.2 Å². The highest BCUT2D eigenvalue weighted by molar-refractivity contribution is 5.12. The minimum atomic E-state index is 0.139. The van der Waals surface area contributed by atoms with Gasteiger partial charge in [-0.2, -0.15) is 0 Å². The maximum atomic E-state index is 5.59. The molecule has 1 heterocycles.